The molecule has 1 N–H and O–H groups in total. The van der Waals surface area contributed by atoms with E-state index in [1.54, 1.807) is 29.7 Å². The quantitative estimate of drug-likeness (QED) is 0.707. The average Bonchev–Trinajstić information content (AvgIpc) is 3.25. The van der Waals surface area contributed by atoms with Crippen molar-refractivity contribution in [2.24, 2.45) is 0 Å². The third-order valence-corrected chi connectivity index (χ3v) is 5.93. The molecule has 0 fully saturated rings. The fourth-order valence-corrected chi connectivity index (χ4v) is 4.52. The van der Waals surface area contributed by atoms with Crippen LogP contribution in [0.5, 0.6) is 5.75 Å². The van der Waals surface area contributed by atoms with Crippen LogP contribution in [-0.2, 0) is 19.5 Å². The number of fused-ring (bicyclic) bond motifs is 2. The van der Waals surface area contributed by atoms with E-state index in [-0.39, 0.29) is 23.8 Å². The predicted octanol–water partition coefficient (Wildman–Crippen LogP) is 3.24. The SMILES string of the molecule is Cc1c(C(=O)NCc2ccccc2OC(F)F)sc2nc3n(c(=O)c12)CCC3. The van der Waals surface area contributed by atoms with Gasteiger partial charge in [0, 0.05) is 25.1 Å². The number of benzene rings is 1. The molecule has 1 aromatic carbocycles. The van der Waals surface area contributed by atoms with Crippen molar-refractivity contribution in [3.63, 3.8) is 0 Å². The van der Waals surface area contributed by atoms with E-state index in [2.05, 4.69) is 15.0 Å². The molecule has 1 aliphatic rings. The Morgan fingerprint density at radius 3 is 2.96 bits per heavy atom. The molecule has 0 unspecified atom stereocenters. The zero-order valence-electron chi connectivity index (χ0n) is 15.0. The van der Waals surface area contributed by atoms with Crippen LogP contribution in [0.15, 0.2) is 29.1 Å². The van der Waals surface area contributed by atoms with Crippen LogP contribution < -0.4 is 15.6 Å². The highest BCUT2D eigenvalue weighted by Crippen LogP contribution is 2.29. The van der Waals surface area contributed by atoms with Gasteiger partial charge in [0.2, 0.25) is 0 Å². The number of aryl methyl sites for hydroxylation is 2. The third-order valence-electron chi connectivity index (χ3n) is 4.75. The van der Waals surface area contributed by atoms with Crippen LogP contribution in [-0.4, -0.2) is 22.1 Å². The van der Waals surface area contributed by atoms with Crippen molar-refractivity contribution in [3.8, 4) is 5.75 Å². The lowest BCUT2D eigenvalue weighted by Crippen LogP contribution is -2.23. The summed E-state index contributed by atoms with van der Waals surface area (Å²) in [5.74, 6) is 0.392. The molecule has 146 valence electrons. The molecule has 6 nitrogen and oxygen atoms in total. The van der Waals surface area contributed by atoms with Gasteiger partial charge < -0.3 is 10.1 Å². The molecule has 3 aromatic rings. The second-order valence-corrected chi connectivity index (χ2v) is 7.49. The van der Waals surface area contributed by atoms with Gasteiger partial charge in [-0.15, -0.1) is 11.3 Å². The van der Waals surface area contributed by atoms with E-state index in [1.165, 1.54) is 17.4 Å². The molecule has 1 amide bonds. The summed E-state index contributed by atoms with van der Waals surface area (Å²) in [4.78, 5) is 30.9. The Kier molecular flexibility index (Phi) is 4.84. The molecule has 1 aliphatic heterocycles. The predicted molar refractivity (Wildman–Crippen MR) is 101 cm³/mol. The number of carbonyl (C=O) groups is 1. The number of thiophene rings is 1. The summed E-state index contributed by atoms with van der Waals surface area (Å²) in [6.07, 6.45) is 1.65. The number of nitrogens with one attached hydrogen (secondary N) is 1. The highest BCUT2D eigenvalue weighted by molar-refractivity contribution is 7.20. The van der Waals surface area contributed by atoms with Crippen molar-refractivity contribution in [2.75, 3.05) is 0 Å². The van der Waals surface area contributed by atoms with Crippen LogP contribution >= 0.6 is 11.3 Å². The number of hydrogen-bond acceptors (Lipinski definition) is 5. The number of aromatic nitrogens is 2. The Labute approximate surface area is 162 Å². The van der Waals surface area contributed by atoms with Crippen LogP contribution in [0.2, 0.25) is 0 Å². The minimum atomic E-state index is -2.94. The van der Waals surface area contributed by atoms with Gasteiger partial charge >= 0.3 is 6.61 Å². The standard InChI is InChI=1S/C19H17F2N3O3S/c1-10-14-17(23-13-7-4-8-24(13)18(14)26)28-15(10)16(25)22-9-11-5-2-3-6-12(11)27-19(20)21/h2-3,5-6,19H,4,7-9H2,1H3,(H,22,25). The fourth-order valence-electron chi connectivity index (χ4n) is 3.41. The minimum Gasteiger partial charge on any atom is -0.434 e. The van der Waals surface area contributed by atoms with Crippen molar-refractivity contribution in [1.82, 2.24) is 14.9 Å². The smallest absolute Gasteiger partial charge is 0.387 e. The molecule has 0 radical (unpaired) electrons. The molecular formula is C19H17F2N3O3S. The van der Waals surface area contributed by atoms with Crippen LogP contribution in [0.4, 0.5) is 8.78 Å². The molecule has 2 aromatic heterocycles. The van der Waals surface area contributed by atoms with Gasteiger partial charge in [0.1, 0.15) is 16.4 Å². The molecular weight excluding hydrogens is 388 g/mol. The minimum absolute atomic E-state index is 0.0159. The molecule has 3 heterocycles. The van der Waals surface area contributed by atoms with E-state index in [9.17, 15) is 18.4 Å². The first-order valence-electron chi connectivity index (χ1n) is 8.79. The topological polar surface area (TPSA) is 73.2 Å². The number of amides is 1. The largest absolute Gasteiger partial charge is 0.434 e. The number of nitrogens with zero attached hydrogens (tertiary/aromatic N) is 2. The Hall–Kier alpha value is -2.81. The maximum absolute atomic E-state index is 12.7. The fraction of sp³-hybridized carbons (Fsp3) is 0.316. The van der Waals surface area contributed by atoms with Crippen LogP contribution in [0.25, 0.3) is 10.2 Å². The van der Waals surface area contributed by atoms with E-state index in [0.29, 0.717) is 32.8 Å². The Morgan fingerprint density at radius 1 is 1.39 bits per heavy atom. The van der Waals surface area contributed by atoms with E-state index < -0.39 is 6.61 Å². The summed E-state index contributed by atoms with van der Waals surface area (Å²) in [7, 11) is 0. The summed E-state index contributed by atoms with van der Waals surface area (Å²) in [6, 6.07) is 6.29. The number of ether oxygens (including phenoxy) is 1. The molecule has 0 saturated carbocycles. The average molecular weight is 405 g/mol. The highest BCUT2D eigenvalue weighted by atomic mass is 32.1. The summed E-state index contributed by atoms with van der Waals surface area (Å²) < 4.78 is 31.2. The zero-order valence-corrected chi connectivity index (χ0v) is 15.8. The first-order valence-corrected chi connectivity index (χ1v) is 9.61. The number of halogens is 2. The molecule has 0 saturated heterocycles. The maximum atomic E-state index is 12.7. The number of rotatable bonds is 5. The van der Waals surface area contributed by atoms with E-state index >= 15 is 0 Å². The number of alkyl halides is 2. The lowest BCUT2D eigenvalue weighted by molar-refractivity contribution is -0.0504. The molecule has 9 heteroatoms. The van der Waals surface area contributed by atoms with Gasteiger partial charge in [-0.1, -0.05) is 18.2 Å². The van der Waals surface area contributed by atoms with Gasteiger partial charge in [-0.2, -0.15) is 8.78 Å². The van der Waals surface area contributed by atoms with Gasteiger partial charge in [0.15, 0.2) is 0 Å². The zero-order chi connectivity index (χ0) is 19.8. The van der Waals surface area contributed by atoms with Crippen molar-refractivity contribution in [1.29, 1.82) is 0 Å². The first kappa shape index (κ1) is 18.5. The molecule has 0 bridgehead atoms. The number of carbonyl (C=O) groups excluding carboxylic acids is 1. The molecule has 0 spiro atoms. The van der Waals surface area contributed by atoms with E-state index in [4.69, 9.17) is 0 Å². The lowest BCUT2D eigenvalue weighted by Gasteiger charge is -2.11. The Bertz CT molecular complexity index is 1120. The summed E-state index contributed by atoms with van der Waals surface area (Å²) in [5.41, 5.74) is 0.919. The second-order valence-electron chi connectivity index (χ2n) is 6.49. The highest BCUT2D eigenvalue weighted by Gasteiger charge is 2.23. The Balaban J connectivity index is 1.60. The van der Waals surface area contributed by atoms with E-state index in [1.807, 2.05) is 0 Å². The normalized spacial score (nSPS) is 13.1. The summed E-state index contributed by atoms with van der Waals surface area (Å²) in [5, 5.41) is 3.19. The summed E-state index contributed by atoms with van der Waals surface area (Å²) in [6.45, 7) is -0.539. The molecule has 0 aliphatic carbocycles. The lowest BCUT2D eigenvalue weighted by atomic mass is 10.2. The second kappa shape index (κ2) is 7.31. The van der Waals surface area contributed by atoms with Gasteiger partial charge in [0.05, 0.1) is 10.3 Å². The third kappa shape index (κ3) is 3.26. The van der Waals surface area contributed by atoms with Crippen LogP contribution in [0.3, 0.4) is 0 Å². The van der Waals surface area contributed by atoms with Crippen LogP contribution in [0, 0.1) is 6.92 Å². The van der Waals surface area contributed by atoms with Gasteiger partial charge in [0.25, 0.3) is 11.5 Å². The Morgan fingerprint density at radius 2 is 2.18 bits per heavy atom. The maximum Gasteiger partial charge on any atom is 0.387 e. The van der Waals surface area contributed by atoms with E-state index in [0.717, 1.165) is 18.7 Å². The molecule has 28 heavy (non-hydrogen) atoms. The van der Waals surface area contributed by atoms with Crippen molar-refractivity contribution in [2.45, 2.75) is 39.5 Å². The van der Waals surface area contributed by atoms with Crippen molar-refractivity contribution >= 4 is 27.5 Å². The van der Waals surface area contributed by atoms with Crippen molar-refractivity contribution < 1.29 is 18.3 Å². The monoisotopic (exact) mass is 405 g/mol. The molecule has 0 atom stereocenters. The van der Waals surface area contributed by atoms with Gasteiger partial charge in [-0.05, 0) is 25.0 Å². The number of hydrogen-bond donors (Lipinski definition) is 1. The van der Waals surface area contributed by atoms with Crippen LogP contribution in [0.1, 0.15) is 33.0 Å². The number of para-hydroxylation sites is 1. The van der Waals surface area contributed by atoms with Gasteiger partial charge in [-0.25, -0.2) is 4.98 Å². The summed E-state index contributed by atoms with van der Waals surface area (Å²) >= 11 is 1.17. The van der Waals surface area contributed by atoms with Crippen molar-refractivity contribution in [3.05, 3.63) is 56.4 Å². The first-order chi connectivity index (χ1) is 13.5. The van der Waals surface area contributed by atoms with Gasteiger partial charge in [-0.3, -0.25) is 14.2 Å². The molecule has 4 rings (SSSR count).